The van der Waals surface area contributed by atoms with Crippen molar-refractivity contribution in [3.05, 3.63) is 48.7 Å². The molecule has 0 aliphatic carbocycles. The van der Waals surface area contributed by atoms with Crippen molar-refractivity contribution in [2.75, 3.05) is 5.32 Å². The maximum atomic E-state index is 12.0. The summed E-state index contributed by atoms with van der Waals surface area (Å²) >= 11 is 0. The molecule has 1 amide bonds. The van der Waals surface area contributed by atoms with Crippen LogP contribution >= 0.6 is 0 Å². The smallest absolute Gasteiger partial charge is 0.241 e. The van der Waals surface area contributed by atoms with E-state index in [1.807, 2.05) is 32.0 Å². The molecule has 5 heteroatoms. The van der Waals surface area contributed by atoms with Gasteiger partial charge in [-0.1, -0.05) is 26.0 Å². The van der Waals surface area contributed by atoms with Gasteiger partial charge in [0.05, 0.1) is 6.04 Å². The second-order valence-corrected chi connectivity index (χ2v) is 5.52. The summed E-state index contributed by atoms with van der Waals surface area (Å²) in [5.74, 6) is 1.29. The number of carbonyl (C=O) groups is 1. The number of ether oxygens (including phenoxy) is 1. The lowest BCUT2D eigenvalue weighted by Gasteiger charge is -2.14. The molecular formula is C17H21N3O2. The first-order valence-corrected chi connectivity index (χ1v) is 7.30. The number of nitrogens with one attached hydrogen (secondary N) is 1. The number of amides is 1. The highest BCUT2D eigenvalue weighted by molar-refractivity contribution is 5.94. The third-order valence-corrected chi connectivity index (χ3v) is 3.02. The summed E-state index contributed by atoms with van der Waals surface area (Å²) in [5.41, 5.74) is 6.52. The van der Waals surface area contributed by atoms with Gasteiger partial charge in [-0.05, 0) is 30.5 Å². The van der Waals surface area contributed by atoms with E-state index in [4.69, 9.17) is 10.5 Å². The second kappa shape index (κ2) is 7.56. The lowest BCUT2D eigenvalue weighted by atomic mass is 10.0. The number of hydrogen-bond donors (Lipinski definition) is 2. The zero-order chi connectivity index (χ0) is 15.9. The van der Waals surface area contributed by atoms with Crippen LogP contribution in [0.5, 0.6) is 11.6 Å². The minimum atomic E-state index is -0.514. The van der Waals surface area contributed by atoms with Crippen molar-refractivity contribution in [1.29, 1.82) is 0 Å². The normalized spacial score (nSPS) is 12.0. The van der Waals surface area contributed by atoms with E-state index in [2.05, 4.69) is 10.3 Å². The van der Waals surface area contributed by atoms with E-state index < -0.39 is 6.04 Å². The van der Waals surface area contributed by atoms with Gasteiger partial charge in [-0.15, -0.1) is 0 Å². The molecule has 0 saturated carbocycles. The van der Waals surface area contributed by atoms with Gasteiger partial charge in [-0.25, -0.2) is 4.98 Å². The van der Waals surface area contributed by atoms with Crippen molar-refractivity contribution in [1.82, 2.24) is 4.98 Å². The number of nitrogens with two attached hydrogens (primary N) is 1. The zero-order valence-corrected chi connectivity index (χ0v) is 12.8. The minimum absolute atomic E-state index is 0.191. The molecule has 0 radical (unpaired) electrons. The van der Waals surface area contributed by atoms with Gasteiger partial charge in [0, 0.05) is 24.0 Å². The minimum Gasteiger partial charge on any atom is -0.439 e. The zero-order valence-electron chi connectivity index (χ0n) is 12.8. The van der Waals surface area contributed by atoms with Crippen LogP contribution < -0.4 is 15.8 Å². The lowest BCUT2D eigenvalue weighted by Crippen LogP contribution is -2.36. The Morgan fingerprint density at radius 1 is 1.27 bits per heavy atom. The van der Waals surface area contributed by atoms with E-state index in [0.29, 0.717) is 29.7 Å². The Morgan fingerprint density at radius 3 is 2.77 bits per heavy atom. The number of carbonyl (C=O) groups excluding carboxylic acids is 1. The SMILES string of the molecule is CC(C)C[C@H](N)C(=O)Nc1cccc(Oc2ccccn2)c1. The molecule has 0 saturated heterocycles. The third kappa shape index (κ3) is 4.86. The lowest BCUT2D eigenvalue weighted by molar-refractivity contribution is -0.117. The van der Waals surface area contributed by atoms with Crippen molar-refractivity contribution in [3.63, 3.8) is 0 Å². The molecule has 0 aliphatic heterocycles. The topological polar surface area (TPSA) is 77.2 Å². The molecule has 116 valence electrons. The summed E-state index contributed by atoms with van der Waals surface area (Å²) in [5, 5.41) is 2.81. The Bertz CT molecular complexity index is 614. The molecule has 0 bridgehead atoms. The van der Waals surface area contributed by atoms with Gasteiger partial charge in [-0.2, -0.15) is 0 Å². The van der Waals surface area contributed by atoms with Crippen molar-refractivity contribution in [2.24, 2.45) is 11.7 Å². The van der Waals surface area contributed by atoms with Crippen LogP contribution in [-0.4, -0.2) is 16.9 Å². The Labute approximate surface area is 130 Å². The van der Waals surface area contributed by atoms with Crippen LogP contribution in [0.2, 0.25) is 0 Å². The first-order chi connectivity index (χ1) is 10.5. The van der Waals surface area contributed by atoms with E-state index in [9.17, 15) is 4.79 Å². The molecule has 2 rings (SSSR count). The van der Waals surface area contributed by atoms with E-state index in [-0.39, 0.29) is 5.91 Å². The molecular weight excluding hydrogens is 278 g/mol. The molecule has 22 heavy (non-hydrogen) atoms. The Morgan fingerprint density at radius 2 is 2.09 bits per heavy atom. The number of anilines is 1. The average molecular weight is 299 g/mol. The van der Waals surface area contributed by atoms with Crippen LogP contribution in [0, 0.1) is 5.92 Å². The summed E-state index contributed by atoms with van der Waals surface area (Å²) < 4.78 is 5.63. The highest BCUT2D eigenvalue weighted by Crippen LogP contribution is 2.22. The molecule has 1 heterocycles. The first kappa shape index (κ1) is 16.0. The van der Waals surface area contributed by atoms with E-state index in [1.54, 1.807) is 30.5 Å². The highest BCUT2D eigenvalue weighted by atomic mass is 16.5. The number of aromatic nitrogens is 1. The van der Waals surface area contributed by atoms with E-state index >= 15 is 0 Å². The van der Waals surface area contributed by atoms with Crippen LogP contribution in [0.1, 0.15) is 20.3 Å². The molecule has 1 atom stereocenters. The summed E-state index contributed by atoms with van der Waals surface area (Å²) in [6.45, 7) is 4.07. The molecule has 2 aromatic rings. The molecule has 5 nitrogen and oxygen atoms in total. The van der Waals surface area contributed by atoms with Crippen molar-refractivity contribution in [3.8, 4) is 11.6 Å². The largest absolute Gasteiger partial charge is 0.439 e. The Balaban J connectivity index is 2.01. The van der Waals surface area contributed by atoms with E-state index in [0.717, 1.165) is 0 Å². The summed E-state index contributed by atoms with van der Waals surface area (Å²) in [6.07, 6.45) is 2.31. The van der Waals surface area contributed by atoms with Gasteiger partial charge < -0.3 is 15.8 Å². The molecule has 0 aliphatic rings. The monoisotopic (exact) mass is 299 g/mol. The summed E-state index contributed by atoms with van der Waals surface area (Å²) in [4.78, 5) is 16.1. The van der Waals surface area contributed by atoms with Crippen molar-refractivity contribution < 1.29 is 9.53 Å². The van der Waals surface area contributed by atoms with Gasteiger partial charge in [0.25, 0.3) is 0 Å². The van der Waals surface area contributed by atoms with Crippen LogP contribution in [0.25, 0.3) is 0 Å². The highest BCUT2D eigenvalue weighted by Gasteiger charge is 2.15. The standard InChI is InChI=1S/C17H21N3O2/c1-12(2)10-15(18)17(21)20-13-6-5-7-14(11-13)22-16-8-3-4-9-19-16/h3-9,11-12,15H,10,18H2,1-2H3,(H,20,21)/t15-/m0/s1. The summed E-state index contributed by atoms with van der Waals surface area (Å²) in [7, 11) is 0. The summed E-state index contributed by atoms with van der Waals surface area (Å²) in [6, 6.07) is 12.1. The van der Waals surface area contributed by atoms with Gasteiger partial charge in [0.1, 0.15) is 5.75 Å². The fourth-order valence-electron chi connectivity index (χ4n) is 2.02. The van der Waals surface area contributed by atoms with Gasteiger partial charge in [0.2, 0.25) is 11.8 Å². The van der Waals surface area contributed by atoms with Gasteiger partial charge in [0.15, 0.2) is 0 Å². The molecule has 3 N–H and O–H groups in total. The number of hydrogen-bond acceptors (Lipinski definition) is 4. The van der Waals surface area contributed by atoms with E-state index in [1.165, 1.54) is 0 Å². The van der Waals surface area contributed by atoms with Crippen molar-refractivity contribution in [2.45, 2.75) is 26.3 Å². The average Bonchev–Trinajstić information content (AvgIpc) is 2.48. The van der Waals surface area contributed by atoms with Crippen LogP contribution in [0.15, 0.2) is 48.7 Å². The fourth-order valence-corrected chi connectivity index (χ4v) is 2.02. The predicted molar refractivity (Wildman–Crippen MR) is 86.8 cm³/mol. The first-order valence-electron chi connectivity index (χ1n) is 7.30. The van der Waals surface area contributed by atoms with Gasteiger partial charge >= 0.3 is 0 Å². The predicted octanol–water partition coefficient (Wildman–Crippen LogP) is 3.19. The van der Waals surface area contributed by atoms with Gasteiger partial charge in [-0.3, -0.25) is 4.79 Å². The third-order valence-electron chi connectivity index (χ3n) is 3.02. The van der Waals surface area contributed by atoms with Crippen molar-refractivity contribution >= 4 is 11.6 Å². The number of nitrogens with zero attached hydrogens (tertiary/aromatic N) is 1. The maximum Gasteiger partial charge on any atom is 0.241 e. The molecule has 0 fully saturated rings. The van der Waals surface area contributed by atoms with Crippen LogP contribution in [0.4, 0.5) is 5.69 Å². The Kier molecular flexibility index (Phi) is 5.49. The number of pyridine rings is 1. The number of rotatable bonds is 6. The maximum absolute atomic E-state index is 12.0. The second-order valence-electron chi connectivity index (χ2n) is 5.52. The fraction of sp³-hybridized carbons (Fsp3) is 0.294. The van der Waals surface area contributed by atoms with Crippen LogP contribution in [-0.2, 0) is 4.79 Å². The van der Waals surface area contributed by atoms with Crippen LogP contribution in [0.3, 0.4) is 0 Å². The quantitative estimate of drug-likeness (QED) is 0.858. The molecule has 0 spiro atoms. The Hall–Kier alpha value is -2.40. The molecule has 1 aromatic heterocycles. The number of benzene rings is 1. The molecule has 1 aromatic carbocycles. The molecule has 0 unspecified atom stereocenters.